The van der Waals surface area contributed by atoms with Gasteiger partial charge in [0.25, 0.3) is 11.8 Å². The quantitative estimate of drug-likeness (QED) is 0.252. The number of rotatable bonds is 5. The molecule has 1 fully saturated rings. The van der Waals surface area contributed by atoms with Crippen molar-refractivity contribution in [2.75, 3.05) is 4.90 Å². The number of hydrogen-bond donors (Lipinski definition) is 1. The standard InChI is InChI=1S/C25H17Br3N2O4/c1-14-10-17(26)7-8-21(14)30-24(32)18(23(31)29-25(30)33)11-15-6-9-22(20(28)12-15)34-13-16-4-2-3-5-19(16)27/h2-12H,13H2,1H3,(H,29,31,33)/b18-11-. The first-order chi connectivity index (χ1) is 16.2. The van der Waals surface area contributed by atoms with E-state index in [0.717, 1.165) is 19.4 Å². The minimum atomic E-state index is -0.783. The third-order valence-corrected chi connectivity index (χ3v) is 7.00. The van der Waals surface area contributed by atoms with Gasteiger partial charge in [-0.1, -0.05) is 56.1 Å². The normalized spacial score (nSPS) is 15.0. The van der Waals surface area contributed by atoms with E-state index in [1.807, 2.05) is 24.3 Å². The summed E-state index contributed by atoms with van der Waals surface area (Å²) >= 11 is 10.4. The van der Waals surface area contributed by atoms with Gasteiger partial charge in [0.05, 0.1) is 10.2 Å². The molecule has 0 atom stereocenters. The second kappa shape index (κ2) is 10.2. The van der Waals surface area contributed by atoms with Gasteiger partial charge in [0.1, 0.15) is 17.9 Å². The minimum Gasteiger partial charge on any atom is -0.488 e. The van der Waals surface area contributed by atoms with Crippen LogP contribution in [0.5, 0.6) is 5.75 Å². The fourth-order valence-electron chi connectivity index (χ4n) is 3.41. The Morgan fingerprint density at radius 1 is 0.941 bits per heavy atom. The number of aryl methyl sites for hydroxylation is 1. The van der Waals surface area contributed by atoms with Crippen LogP contribution < -0.4 is 15.0 Å². The number of imide groups is 2. The van der Waals surface area contributed by atoms with E-state index >= 15 is 0 Å². The van der Waals surface area contributed by atoms with E-state index in [0.29, 0.717) is 33.6 Å². The summed E-state index contributed by atoms with van der Waals surface area (Å²) in [6, 6.07) is 17.4. The van der Waals surface area contributed by atoms with Crippen molar-refractivity contribution in [1.29, 1.82) is 0 Å². The van der Waals surface area contributed by atoms with Crippen LogP contribution in [0, 0.1) is 6.92 Å². The van der Waals surface area contributed by atoms with Crippen LogP contribution in [-0.2, 0) is 16.2 Å². The first-order valence-electron chi connectivity index (χ1n) is 10.1. The van der Waals surface area contributed by atoms with Crippen LogP contribution in [0.3, 0.4) is 0 Å². The molecule has 0 saturated carbocycles. The summed E-state index contributed by atoms with van der Waals surface area (Å²) in [7, 11) is 0. The molecule has 0 aromatic heterocycles. The fraction of sp³-hybridized carbons (Fsp3) is 0.0800. The molecular weight excluding hydrogens is 632 g/mol. The number of nitrogens with one attached hydrogen (secondary N) is 1. The first kappa shape index (κ1) is 24.4. The highest BCUT2D eigenvalue weighted by molar-refractivity contribution is 9.11. The van der Waals surface area contributed by atoms with Crippen LogP contribution in [0.4, 0.5) is 10.5 Å². The van der Waals surface area contributed by atoms with Gasteiger partial charge in [-0.05, 0) is 76.5 Å². The Kier molecular flexibility index (Phi) is 7.35. The molecule has 0 bridgehead atoms. The maximum Gasteiger partial charge on any atom is 0.335 e. The molecule has 0 radical (unpaired) electrons. The molecule has 1 aliphatic rings. The number of barbiturate groups is 1. The number of urea groups is 1. The summed E-state index contributed by atoms with van der Waals surface area (Å²) in [5, 5.41) is 2.25. The maximum atomic E-state index is 13.2. The number of anilines is 1. The minimum absolute atomic E-state index is 0.143. The van der Waals surface area contributed by atoms with Gasteiger partial charge in [-0.3, -0.25) is 14.9 Å². The highest BCUT2D eigenvalue weighted by Crippen LogP contribution is 2.30. The molecule has 1 heterocycles. The van der Waals surface area contributed by atoms with E-state index in [-0.39, 0.29) is 5.57 Å². The van der Waals surface area contributed by atoms with Crippen LogP contribution in [0.15, 0.2) is 79.7 Å². The molecule has 0 spiro atoms. The van der Waals surface area contributed by atoms with Crippen molar-refractivity contribution in [1.82, 2.24) is 5.32 Å². The zero-order chi connectivity index (χ0) is 24.4. The Morgan fingerprint density at radius 2 is 1.71 bits per heavy atom. The van der Waals surface area contributed by atoms with Crippen molar-refractivity contribution in [3.05, 3.63) is 96.3 Å². The van der Waals surface area contributed by atoms with E-state index in [1.54, 1.807) is 43.3 Å². The van der Waals surface area contributed by atoms with Gasteiger partial charge in [0.2, 0.25) is 0 Å². The van der Waals surface area contributed by atoms with Crippen LogP contribution in [-0.4, -0.2) is 17.8 Å². The van der Waals surface area contributed by atoms with E-state index in [1.165, 1.54) is 6.08 Å². The Labute approximate surface area is 221 Å². The van der Waals surface area contributed by atoms with Gasteiger partial charge in [0.15, 0.2) is 0 Å². The average Bonchev–Trinajstić information content (AvgIpc) is 2.78. The zero-order valence-electron chi connectivity index (χ0n) is 17.8. The summed E-state index contributed by atoms with van der Waals surface area (Å²) in [4.78, 5) is 39.1. The van der Waals surface area contributed by atoms with Crippen LogP contribution in [0.25, 0.3) is 6.08 Å². The highest BCUT2D eigenvalue weighted by atomic mass is 79.9. The van der Waals surface area contributed by atoms with Crippen LogP contribution >= 0.6 is 47.8 Å². The Morgan fingerprint density at radius 3 is 2.41 bits per heavy atom. The van der Waals surface area contributed by atoms with Gasteiger partial charge < -0.3 is 4.74 Å². The van der Waals surface area contributed by atoms with Crippen molar-refractivity contribution < 1.29 is 19.1 Å². The predicted molar refractivity (Wildman–Crippen MR) is 140 cm³/mol. The first-order valence-corrected chi connectivity index (χ1v) is 12.5. The molecule has 3 aromatic carbocycles. The summed E-state index contributed by atoms with van der Waals surface area (Å²) < 4.78 is 8.33. The van der Waals surface area contributed by atoms with Crippen molar-refractivity contribution in [3.8, 4) is 5.75 Å². The average molecular weight is 649 g/mol. The number of halogens is 3. The second-order valence-corrected chi connectivity index (χ2v) is 10.1. The van der Waals surface area contributed by atoms with Gasteiger partial charge in [-0.2, -0.15) is 0 Å². The number of nitrogens with zero attached hydrogens (tertiary/aromatic N) is 1. The lowest BCUT2D eigenvalue weighted by atomic mass is 10.1. The molecule has 1 aliphatic heterocycles. The third-order valence-electron chi connectivity index (χ3n) is 5.11. The van der Waals surface area contributed by atoms with Crippen molar-refractivity contribution >= 4 is 77.4 Å². The van der Waals surface area contributed by atoms with Gasteiger partial charge in [-0.15, -0.1) is 0 Å². The molecule has 6 nitrogen and oxygen atoms in total. The summed E-state index contributed by atoms with van der Waals surface area (Å²) in [6.45, 7) is 2.15. The molecule has 0 unspecified atom stereocenters. The summed E-state index contributed by atoms with van der Waals surface area (Å²) in [5.74, 6) is -0.824. The summed E-state index contributed by atoms with van der Waals surface area (Å²) in [6.07, 6.45) is 1.45. The molecule has 34 heavy (non-hydrogen) atoms. The third kappa shape index (κ3) is 5.16. The Hall–Kier alpha value is -2.75. The zero-order valence-corrected chi connectivity index (χ0v) is 22.5. The number of carbonyl (C=O) groups excluding carboxylic acids is 3. The molecular formula is C25H17Br3N2O4. The number of ether oxygens (including phenoxy) is 1. The molecule has 0 aliphatic carbocycles. The lowest BCUT2D eigenvalue weighted by Crippen LogP contribution is -2.54. The molecule has 3 aromatic rings. The molecule has 172 valence electrons. The molecule has 1 N–H and O–H groups in total. The lowest BCUT2D eigenvalue weighted by molar-refractivity contribution is -0.122. The van der Waals surface area contributed by atoms with Gasteiger partial charge in [-0.25, -0.2) is 9.69 Å². The van der Waals surface area contributed by atoms with Crippen LogP contribution in [0.1, 0.15) is 16.7 Å². The smallest absolute Gasteiger partial charge is 0.335 e. The number of carbonyl (C=O) groups is 3. The molecule has 1 saturated heterocycles. The van der Waals surface area contributed by atoms with Gasteiger partial charge in [0, 0.05) is 14.5 Å². The summed E-state index contributed by atoms with van der Waals surface area (Å²) in [5.41, 5.74) is 2.57. The fourth-order valence-corrected chi connectivity index (χ4v) is 4.79. The number of amides is 4. The molecule has 4 rings (SSSR count). The van der Waals surface area contributed by atoms with E-state index in [9.17, 15) is 14.4 Å². The highest BCUT2D eigenvalue weighted by Gasteiger charge is 2.37. The van der Waals surface area contributed by atoms with Crippen molar-refractivity contribution in [2.24, 2.45) is 0 Å². The van der Waals surface area contributed by atoms with E-state index in [4.69, 9.17) is 4.74 Å². The molecule has 9 heteroatoms. The predicted octanol–water partition coefficient (Wildman–Crippen LogP) is 6.53. The Balaban J connectivity index is 1.59. The second-order valence-electron chi connectivity index (χ2n) is 7.46. The van der Waals surface area contributed by atoms with E-state index < -0.39 is 17.8 Å². The number of benzene rings is 3. The lowest BCUT2D eigenvalue weighted by Gasteiger charge is -2.27. The van der Waals surface area contributed by atoms with Crippen molar-refractivity contribution in [3.63, 3.8) is 0 Å². The van der Waals surface area contributed by atoms with Gasteiger partial charge >= 0.3 is 6.03 Å². The van der Waals surface area contributed by atoms with E-state index in [2.05, 4.69) is 53.1 Å². The SMILES string of the molecule is Cc1cc(Br)ccc1N1C(=O)NC(=O)/C(=C/c2ccc(OCc3ccccc3Br)c(Br)c2)C1=O. The molecule has 4 amide bonds. The topological polar surface area (TPSA) is 75.7 Å². The monoisotopic (exact) mass is 646 g/mol. The largest absolute Gasteiger partial charge is 0.488 e. The number of hydrogen-bond acceptors (Lipinski definition) is 4. The van der Waals surface area contributed by atoms with Crippen molar-refractivity contribution in [2.45, 2.75) is 13.5 Å². The maximum absolute atomic E-state index is 13.2. The Bertz CT molecular complexity index is 1350. The van der Waals surface area contributed by atoms with Crippen LogP contribution in [0.2, 0.25) is 0 Å².